The number of phenols is 1. The molecule has 0 amide bonds. The van der Waals surface area contributed by atoms with E-state index in [1.807, 2.05) is 0 Å². The molecule has 0 heterocycles. The Balaban J connectivity index is 3.05. The predicted molar refractivity (Wildman–Crippen MR) is 58.7 cm³/mol. The Morgan fingerprint density at radius 3 is 2.69 bits per heavy atom. The first-order chi connectivity index (χ1) is 7.47. The molecule has 1 aromatic carbocycles. The van der Waals surface area contributed by atoms with E-state index in [2.05, 4.69) is 0 Å². The number of ether oxygens (including phenoxy) is 1. The average molecular weight is 225 g/mol. The normalized spacial score (nSPS) is 12.2. The molecule has 0 radical (unpaired) electrons. The summed E-state index contributed by atoms with van der Waals surface area (Å²) in [4.78, 5) is 10.6. The molecule has 0 saturated heterocycles. The van der Waals surface area contributed by atoms with Gasteiger partial charge in [-0.15, -0.1) is 0 Å². The minimum Gasteiger partial charge on any atom is -0.504 e. The van der Waals surface area contributed by atoms with Gasteiger partial charge in [0.05, 0.1) is 7.11 Å². The highest BCUT2D eigenvalue weighted by molar-refractivity contribution is 5.73. The lowest BCUT2D eigenvalue weighted by molar-refractivity contribution is -0.138. The third-order valence-corrected chi connectivity index (χ3v) is 2.38. The van der Waals surface area contributed by atoms with Gasteiger partial charge in [0.15, 0.2) is 11.5 Å². The summed E-state index contributed by atoms with van der Waals surface area (Å²) >= 11 is 0. The maximum Gasteiger partial charge on any atom is 0.320 e. The van der Waals surface area contributed by atoms with E-state index in [9.17, 15) is 9.90 Å². The van der Waals surface area contributed by atoms with E-state index >= 15 is 0 Å². The van der Waals surface area contributed by atoms with Crippen LogP contribution in [0.4, 0.5) is 0 Å². The van der Waals surface area contributed by atoms with Crippen LogP contribution in [-0.2, 0) is 11.2 Å². The van der Waals surface area contributed by atoms with E-state index < -0.39 is 12.0 Å². The zero-order chi connectivity index (χ0) is 12.3. The molecule has 5 heteroatoms. The molecule has 1 unspecified atom stereocenters. The quantitative estimate of drug-likeness (QED) is 0.700. The van der Waals surface area contributed by atoms with Crippen LogP contribution >= 0.6 is 0 Å². The lowest BCUT2D eigenvalue weighted by Gasteiger charge is -2.13. The van der Waals surface area contributed by atoms with E-state index in [0.717, 1.165) is 0 Å². The SMILES string of the molecule is COc1c(CC(N)C(=O)O)ccc(C)c1O. The second kappa shape index (κ2) is 4.85. The van der Waals surface area contributed by atoms with Crippen molar-refractivity contribution in [3.63, 3.8) is 0 Å². The third kappa shape index (κ3) is 2.43. The first-order valence-electron chi connectivity index (χ1n) is 4.81. The van der Waals surface area contributed by atoms with Crippen LogP contribution in [-0.4, -0.2) is 29.3 Å². The molecule has 0 bridgehead atoms. The molecular weight excluding hydrogens is 210 g/mol. The number of rotatable bonds is 4. The monoisotopic (exact) mass is 225 g/mol. The molecule has 0 aliphatic carbocycles. The van der Waals surface area contributed by atoms with E-state index in [4.69, 9.17) is 15.6 Å². The zero-order valence-electron chi connectivity index (χ0n) is 9.23. The van der Waals surface area contributed by atoms with Crippen molar-refractivity contribution in [2.75, 3.05) is 7.11 Å². The zero-order valence-corrected chi connectivity index (χ0v) is 9.23. The van der Waals surface area contributed by atoms with Gasteiger partial charge in [-0.3, -0.25) is 4.79 Å². The molecule has 0 aliphatic heterocycles. The number of aromatic hydroxyl groups is 1. The molecular formula is C11H15NO4. The molecule has 16 heavy (non-hydrogen) atoms. The van der Waals surface area contributed by atoms with E-state index in [1.165, 1.54) is 7.11 Å². The van der Waals surface area contributed by atoms with E-state index in [0.29, 0.717) is 11.1 Å². The number of benzene rings is 1. The van der Waals surface area contributed by atoms with Crippen molar-refractivity contribution in [3.8, 4) is 11.5 Å². The minimum absolute atomic E-state index is 0.0255. The Morgan fingerprint density at radius 2 is 2.19 bits per heavy atom. The number of nitrogens with two attached hydrogens (primary N) is 1. The molecule has 0 aliphatic rings. The van der Waals surface area contributed by atoms with Gasteiger partial charge in [-0.05, 0) is 12.5 Å². The van der Waals surface area contributed by atoms with Gasteiger partial charge in [0.2, 0.25) is 0 Å². The van der Waals surface area contributed by atoms with Crippen LogP contribution in [0.25, 0.3) is 0 Å². The number of hydrogen-bond donors (Lipinski definition) is 3. The predicted octanol–water partition coefficient (Wildman–Crippen LogP) is 0.664. The number of hydrogen-bond acceptors (Lipinski definition) is 4. The smallest absolute Gasteiger partial charge is 0.320 e. The molecule has 0 fully saturated rings. The maximum atomic E-state index is 10.6. The van der Waals surface area contributed by atoms with Crippen molar-refractivity contribution in [3.05, 3.63) is 23.3 Å². The molecule has 4 N–H and O–H groups in total. The lowest BCUT2D eigenvalue weighted by atomic mass is 10.0. The molecule has 0 spiro atoms. The Morgan fingerprint density at radius 1 is 1.56 bits per heavy atom. The summed E-state index contributed by atoms with van der Waals surface area (Å²) in [6.45, 7) is 1.73. The Kier molecular flexibility index (Phi) is 3.73. The van der Waals surface area contributed by atoms with Crippen LogP contribution in [0.2, 0.25) is 0 Å². The molecule has 1 atom stereocenters. The van der Waals surface area contributed by atoms with Crippen molar-refractivity contribution in [2.45, 2.75) is 19.4 Å². The highest BCUT2D eigenvalue weighted by atomic mass is 16.5. The van der Waals surface area contributed by atoms with Crippen LogP contribution in [0.3, 0.4) is 0 Å². The second-order valence-corrected chi connectivity index (χ2v) is 3.57. The fraction of sp³-hybridized carbons (Fsp3) is 0.364. The largest absolute Gasteiger partial charge is 0.504 e. The van der Waals surface area contributed by atoms with Crippen LogP contribution in [0.5, 0.6) is 11.5 Å². The topological polar surface area (TPSA) is 92.8 Å². The number of aryl methyl sites for hydroxylation is 1. The van der Waals surface area contributed by atoms with Crippen LogP contribution < -0.4 is 10.5 Å². The summed E-state index contributed by atoms with van der Waals surface area (Å²) < 4.78 is 5.04. The highest BCUT2D eigenvalue weighted by Gasteiger charge is 2.17. The Hall–Kier alpha value is -1.75. The highest BCUT2D eigenvalue weighted by Crippen LogP contribution is 2.33. The number of carboxylic acid groups (broad SMARTS) is 1. The maximum absolute atomic E-state index is 10.6. The molecule has 0 aromatic heterocycles. The Labute approximate surface area is 93.5 Å². The number of carbonyl (C=O) groups is 1. The first-order valence-corrected chi connectivity index (χ1v) is 4.81. The summed E-state index contributed by atoms with van der Waals surface area (Å²) in [5, 5.41) is 18.4. The molecule has 88 valence electrons. The van der Waals surface area contributed by atoms with Gasteiger partial charge >= 0.3 is 5.97 Å². The number of aliphatic carboxylic acids is 1. The summed E-state index contributed by atoms with van der Waals surface area (Å²) in [5.41, 5.74) is 6.68. The average Bonchev–Trinajstić information content (AvgIpc) is 2.23. The van der Waals surface area contributed by atoms with Gasteiger partial charge in [-0.2, -0.15) is 0 Å². The van der Waals surface area contributed by atoms with Gasteiger partial charge < -0.3 is 20.7 Å². The number of carboxylic acids is 1. The molecule has 5 nitrogen and oxygen atoms in total. The number of methoxy groups -OCH3 is 1. The van der Waals surface area contributed by atoms with Gasteiger partial charge in [0.1, 0.15) is 6.04 Å². The summed E-state index contributed by atoms with van der Waals surface area (Å²) in [7, 11) is 1.42. The standard InChI is InChI=1S/C11H15NO4/c1-6-3-4-7(5-8(12)11(14)15)10(16-2)9(6)13/h3-4,8,13H,5,12H2,1-2H3,(H,14,15). The second-order valence-electron chi connectivity index (χ2n) is 3.57. The van der Waals surface area contributed by atoms with Crippen molar-refractivity contribution in [2.24, 2.45) is 5.73 Å². The van der Waals surface area contributed by atoms with Gasteiger partial charge in [0.25, 0.3) is 0 Å². The molecule has 1 aromatic rings. The first kappa shape index (κ1) is 12.3. The van der Waals surface area contributed by atoms with Crippen molar-refractivity contribution < 1.29 is 19.7 Å². The lowest BCUT2D eigenvalue weighted by Crippen LogP contribution is -2.32. The number of phenolic OH excluding ortho intramolecular Hbond substituents is 1. The van der Waals surface area contributed by atoms with Gasteiger partial charge in [-0.1, -0.05) is 12.1 Å². The van der Waals surface area contributed by atoms with Crippen LogP contribution in [0.15, 0.2) is 12.1 Å². The fourth-order valence-electron chi connectivity index (χ4n) is 1.42. The van der Waals surface area contributed by atoms with Gasteiger partial charge in [-0.25, -0.2) is 0 Å². The molecule has 1 rings (SSSR count). The van der Waals surface area contributed by atoms with E-state index in [1.54, 1.807) is 19.1 Å². The van der Waals surface area contributed by atoms with Gasteiger partial charge in [0, 0.05) is 12.0 Å². The fourth-order valence-corrected chi connectivity index (χ4v) is 1.42. The summed E-state index contributed by atoms with van der Waals surface area (Å²) in [6, 6.07) is 2.40. The summed E-state index contributed by atoms with van der Waals surface area (Å²) in [5.74, 6) is -0.767. The van der Waals surface area contributed by atoms with Crippen molar-refractivity contribution in [1.29, 1.82) is 0 Å². The van der Waals surface area contributed by atoms with Crippen molar-refractivity contribution >= 4 is 5.97 Å². The third-order valence-electron chi connectivity index (χ3n) is 2.38. The van der Waals surface area contributed by atoms with Crippen LogP contribution in [0, 0.1) is 6.92 Å². The Bertz CT molecular complexity index is 403. The summed E-state index contributed by atoms with van der Waals surface area (Å²) in [6.07, 6.45) is 0.117. The van der Waals surface area contributed by atoms with Crippen molar-refractivity contribution in [1.82, 2.24) is 0 Å². The molecule has 0 saturated carbocycles. The minimum atomic E-state index is -1.08. The van der Waals surface area contributed by atoms with E-state index in [-0.39, 0.29) is 17.9 Å². The van der Waals surface area contributed by atoms with Crippen LogP contribution in [0.1, 0.15) is 11.1 Å².